The topological polar surface area (TPSA) is 51.7 Å². The van der Waals surface area contributed by atoms with E-state index in [2.05, 4.69) is 24.8 Å². The van der Waals surface area contributed by atoms with Crippen LogP contribution < -0.4 is 9.47 Å². The van der Waals surface area contributed by atoms with Gasteiger partial charge in [-0.1, -0.05) is 63.4 Å². The first kappa shape index (κ1) is 25.2. The summed E-state index contributed by atoms with van der Waals surface area (Å²) in [4.78, 5) is 20.8. The number of carbonyl (C=O) groups excluding carboxylic acids is 1. The summed E-state index contributed by atoms with van der Waals surface area (Å²) in [5, 5.41) is 1.06. The van der Waals surface area contributed by atoms with E-state index in [0.717, 1.165) is 66.9 Å². The predicted molar refractivity (Wildman–Crippen MR) is 142 cm³/mol. The maximum atomic E-state index is 13.6. The molecule has 5 heteroatoms. The van der Waals surface area contributed by atoms with Gasteiger partial charge in [-0.15, -0.1) is 0 Å². The molecule has 0 bridgehead atoms. The summed E-state index contributed by atoms with van der Waals surface area (Å²) in [5.74, 6) is 1.59. The van der Waals surface area contributed by atoms with Crippen LogP contribution >= 0.6 is 0 Å². The second-order valence-corrected chi connectivity index (χ2v) is 9.36. The van der Waals surface area contributed by atoms with Crippen LogP contribution in [-0.4, -0.2) is 48.5 Å². The Kier molecular flexibility index (Phi) is 9.13. The average molecular weight is 475 g/mol. The summed E-state index contributed by atoms with van der Waals surface area (Å²) in [6.45, 7) is 8.97. The molecular weight excluding hydrogens is 436 g/mol. The van der Waals surface area contributed by atoms with Crippen molar-refractivity contribution in [3.05, 3.63) is 65.9 Å². The molecule has 5 nitrogen and oxygen atoms in total. The molecule has 1 aromatic heterocycles. The molecule has 0 aliphatic carbocycles. The molecule has 3 aromatic rings. The number of ether oxygens (including phenoxy) is 2. The Balaban J connectivity index is 1.43. The molecule has 0 saturated heterocycles. The summed E-state index contributed by atoms with van der Waals surface area (Å²) in [6, 6.07) is 17.9. The molecule has 35 heavy (non-hydrogen) atoms. The number of hydrogen-bond acceptors (Lipinski definition) is 5. The van der Waals surface area contributed by atoms with Gasteiger partial charge in [0, 0.05) is 11.3 Å². The molecule has 0 radical (unpaired) electrons. The fourth-order valence-electron chi connectivity index (χ4n) is 4.86. The number of ketones is 1. The lowest BCUT2D eigenvalue weighted by atomic mass is 9.88. The van der Waals surface area contributed by atoms with Crippen LogP contribution in [0.5, 0.6) is 11.5 Å². The van der Waals surface area contributed by atoms with E-state index >= 15 is 0 Å². The highest BCUT2D eigenvalue weighted by atomic mass is 16.6. The molecule has 0 fully saturated rings. The zero-order chi connectivity index (χ0) is 24.5. The van der Waals surface area contributed by atoms with Gasteiger partial charge in [-0.25, -0.2) is 4.98 Å². The smallest absolute Gasteiger partial charge is 0.184 e. The molecule has 186 valence electrons. The summed E-state index contributed by atoms with van der Waals surface area (Å²) in [6.07, 6.45) is 6.17. The lowest BCUT2D eigenvalue weighted by Gasteiger charge is -2.21. The molecular formula is C30H38N2O3. The van der Waals surface area contributed by atoms with Gasteiger partial charge in [-0.2, -0.15) is 0 Å². The fourth-order valence-corrected chi connectivity index (χ4v) is 4.86. The minimum absolute atomic E-state index is 0.103. The van der Waals surface area contributed by atoms with E-state index in [1.807, 2.05) is 48.5 Å². The van der Waals surface area contributed by atoms with Gasteiger partial charge in [0.15, 0.2) is 17.3 Å². The highest BCUT2D eigenvalue weighted by molar-refractivity contribution is 5.98. The van der Waals surface area contributed by atoms with Crippen molar-refractivity contribution >= 4 is 16.7 Å². The van der Waals surface area contributed by atoms with E-state index in [4.69, 9.17) is 14.5 Å². The highest BCUT2D eigenvalue weighted by Gasteiger charge is 2.23. The maximum absolute atomic E-state index is 13.6. The van der Waals surface area contributed by atoms with E-state index in [-0.39, 0.29) is 11.7 Å². The third-order valence-corrected chi connectivity index (χ3v) is 6.98. The summed E-state index contributed by atoms with van der Waals surface area (Å²) >= 11 is 0. The number of fused-ring (bicyclic) bond motifs is 2. The van der Waals surface area contributed by atoms with Gasteiger partial charge in [0.2, 0.25) is 0 Å². The van der Waals surface area contributed by atoms with Crippen LogP contribution in [0.1, 0.15) is 62.0 Å². The maximum Gasteiger partial charge on any atom is 0.184 e. The zero-order valence-corrected chi connectivity index (χ0v) is 21.2. The normalized spacial score (nSPS) is 13.8. The number of Topliss-reactive ketones (excluding diaryl/α,β-unsaturated/α-hetero) is 1. The van der Waals surface area contributed by atoms with Crippen molar-refractivity contribution in [3.8, 4) is 11.5 Å². The molecule has 1 aliphatic heterocycles. The first-order valence-electron chi connectivity index (χ1n) is 13.2. The third-order valence-electron chi connectivity index (χ3n) is 6.98. The largest absolute Gasteiger partial charge is 0.486 e. The SMILES string of the molecule is CCN(CC)CCCCCCC(Cc1ccc2c(c1)OCCO2)C(=O)c1ccc2ccccc2n1. The van der Waals surface area contributed by atoms with Crippen LogP contribution in [0.15, 0.2) is 54.6 Å². The first-order valence-corrected chi connectivity index (χ1v) is 13.2. The minimum atomic E-state index is -0.103. The zero-order valence-electron chi connectivity index (χ0n) is 21.2. The van der Waals surface area contributed by atoms with Crippen LogP contribution in [0, 0.1) is 5.92 Å². The first-order chi connectivity index (χ1) is 17.2. The van der Waals surface area contributed by atoms with Crippen LogP contribution in [0.2, 0.25) is 0 Å². The van der Waals surface area contributed by atoms with Gasteiger partial charge in [0.25, 0.3) is 0 Å². The summed E-state index contributed by atoms with van der Waals surface area (Å²) in [5.41, 5.74) is 2.54. The number of nitrogens with zero attached hydrogens (tertiary/aromatic N) is 2. The Morgan fingerprint density at radius 3 is 2.51 bits per heavy atom. The molecule has 1 aliphatic rings. The Morgan fingerprint density at radius 2 is 1.69 bits per heavy atom. The molecule has 2 aromatic carbocycles. The number of rotatable bonds is 13. The fraction of sp³-hybridized carbons (Fsp3) is 0.467. The van der Waals surface area contributed by atoms with E-state index in [9.17, 15) is 4.79 Å². The van der Waals surface area contributed by atoms with E-state index in [1.165, 1.54) is 12.8 Å². The van der Waals surface area contributed by atoms with Gasteiger partial charge < -0.3 is 14.4 Å². The number of para-hydroxylation sites is 1. The lowest BCUT2D eigenvalue weighted by molar-refractivity contribution is 0.0905. The van der Waals surface area contributed by atoms with Gasteiger partial charge in [0.05, 0.1) is 5.52 Å². The van der Waals surface area contributed by atoms with E-state index in [1.54, 1.807) is 0 Å². The molecule has 0 saturated carbocycles. The van der Waals surface area contributed by atoms with Crippen molar-refractivity contribution < 1.29 is 14.3 Å². The van der Waals surface area contributed by atoms with Gasteiger partial charge in [0.1, 0.15) is 18.9 Å². The van der Waals surface area contributed by atoms with Crippen molar-refractivity contribution in [2.24, 2.45) is 5.92 Å². The van der Waals surface area contributed by atoms with Gasteiger partial charge in [-0.05, 0) is 68.7 Å². The number of carbonyl (C=O) groups is 1. The monoisotopic (exact) mass is 474 g/mol. The van der Waals surface area contributed by atoms with Gasteiger partial charge >= 0.3 is 0 Å². The Hall–Kier alpha value is -2.92. The second kappa shape index (κ2) is 12.7. The molecule has 0 amide bonds. The van der Waals surface area contributed by atoms with Crippen LogP contribution in [0.4, 0.5) is 0 Å². The van der Waals surface area contributed by atoms with E-state index < -0.39 is 0 Å². The van der Waals surface area contributed by atoms with Crippen LogP contribution in [0.25, 0.3) is 10.9 Å². The molecule has 1 atom stereocenters. The van der Waals surface area contributed by atoms with Crippen molar-refractivity contribution in [2.75, 3.05) is 32.8 Å². The Labute approximate surface area is 209 Å². The quantitative estimate of drug-likeness (QED) is 0.214. The Morgan fingerprint density at radius 1 is 0.914 bits per heavy atom. The standard InChI is InChI=1S/C30H38N2O3/c1-3-32(4-2)18-10-6-5-7-12-25(21-23-14-17-28-29(22-23)35-20-19-34-28)30(33)27-16-15-24-11-8-9-13-26(24)31-27/h8-9,11,13-17,22,25H,3-7,10,12,18-21H2,1-2H3. The number of hydrogen-bond donors (Lipinski definition) is 0. The molecule has 0 spiro atoms. The third kappa shape index (κ3) is 6.82. The lowest BCUT2D eigenvalue weighted by Crippen LogP contribution is -2.23. The number of benzene rings is 2. The minimum Gasteiger partial charge on any atom is -0.486 e. The number of unbranched alkanes of at least 4 members (excludes halogenated alkanes) is 3. The van der Waals surface area contributed by atoms with Crippen molar-refractivity contribution in [1.29, 1.82) is 0 Å². The summed E-state index contributed by atoms with van der Waals surface area (Å²) < 4.78 is 11.4. The Bertz CT molecular complexity index is 1110. The number of aromatic nitrogens is 1. The molecule has 0 N–H and O–H groups in total. The molecule has 2 heterocycles. The summed E-state index contributed by atoms with van der Waals surface area (Å²) in [7, 11) is 0. The van der Waals surface area contributed by atoms with Gasteiger partial charge in [-0.3, -0.25) is 4.79 Å². The number of pyridine rings is 1. The van der Waals surface area contributed by atoms with Crippen molar-refractivity contribution in [1.82, 2.24) is 9.88 Å². The second-order valence-electron chi connectivity index (χ2n) is 9.36. The predicted octanol–water partition coefficient (Wildman–Crippen LogP) is 6.34. The van der Waals surface area contributed by atoms with Crippen molar-refractivity contribution in [2.45, 2.75) is 52.4 Å². The van der Waals surface area contributed by atoms with Crippen molar-refractivity contribution in [3.63, 3.8) is 0 Å². The van der Waals surface area contributed by atoms with E-state index in [0.29, 0.717) is 25.3 Å². The van der Waals surface area contributed by atoms with Crippen LogP contribution in [0.3, 0.4) is 0 Å². The molecule has 4 rings (SSSR count). The highest BCUT2D eigenvalue weighted by Crippen LogP contribution is 2.32. The average Bonchev–Trinajstić information content (AvgIpc) is 2.91. The molecule has 1 unspecified atom stereocenters. The van der Waals surface area contributed by atoms with Crippen LogP contribution in [-0.2, 0) is 6.42 Å².